The fourth-order valence-electron chi connectivity index (χ4n) is 2.33. The van der Waals surface area contributed by atoms with Gasteiger partial charge in [0, 0.05) is 25.2 Å². The Bertz CT molecular complexity index is 460. The second-order valence-electron chi connectivity index (χ2n) is 4.78. The summed E-state index contributed by atoms with van der Waals surface area (Å²) < 4.78 is 13.3. The predicted molar refractivity (Wildman–Crippen MR) is 76.6 cm³/mol. The summed E-state index contributed by atoms with van der Waals surface area (Å²) in [6, 6.07) is 4.77. The van der Waals surface area contributed by atoms with E-state index in [1.54, 1.807) is 11.0 Å². The van der Waals surface area contributed by atoms with E-state index >= 15 is 0 Å². The number of hydrogen-bond donors (Lipinski definition) is 1. The van der Waals surface area contributed by atoms with Crippen LogP contribution in [0, 0.1) is 5.82 Å². The first-order valence-electron chi connectivity index (χ1n) is 5.98. The first-order chi connectivity index (χ1) is 8.49. The average Bonchev–Trinajstić information content (AvgIpc) is 2.30. The molecular formula is C13H17Cl2FN2O. The van der Waals surface area contributed by atoms with E-state index in [0.29, 0.717) is 13.1 Å². The summed E-state index contributed by atoms with van der Waals surface area (Å²) in [7, 11) is 0. The molecule has 6 heteroatoms. The van der Waals surface area contributed by atoms with Gasteiger partial charge in [0.2, 0.25) is 0 Å². The fourth-order valence-corrected chi connectivity index (χ4v) is 2.54. The molecule has 2 rings (SSSR count). The number of benzene rings is 1. The molecule has 0 saturated carbocycles. The Morgan fingerprint density at radius 3 is 2.53 bits per heavy atom. The van der Waals surface area contributed by atoms with E-state index in [1.807, 2.05) is 13.8 Å². The van der Waals surface area contributed by atoms with Crippen molar-refractivity contribution in [3.63, 3.8) is 0 Å². The van der Waals surface area contributed by atoms with Crippen molar-refractivity contribution in [2.45, 2.75) is 25.9 Å². The number of piperazine rings is 1. The van der Waals surface area contributed by atoms with E-state index in [9.17, 15) is 9.18 Å². The van der Waals surface area contributed by atoms with Crippen LogP contribution in [0.1, 0.15) is 24.2 Å². The first-order valence-corrected chi connectivity index (χ1v) is 6.36. The van der Waals surface area contributed by atoms with E-state index in [4.69, 9.17) is 11.6 Å². The molecule has 0 aromatic heterocycles. The van der Waals surface area contributed by atoms with Crippen molar-refractivity contribution in [1.82, 2.24) is 10.2 Å². The topological polar surface area (TPSA) is 32.3 Å². The zero-order valence-corrected chi connectivity index (χ0v) is 12.4. The lowest BCUT2D eigenvalue weighted by Gasteiger charge is -2.36. The van der Waals surface area contributed by atoms with Gasteiger partial charge in [-0.1, -0.05) is 17.7 Å². The summed E-state index contributed by atoms with van der Waals surface area (Å²) in [5.41, 5.74) is 0.234. The molecule has 1 fully saturated rings. The zero-order valence-electron chi connectivity index (χ0n) is 10.8. The highest BCUT2D eigenvalue weighted by atomic mass is 35.5. The minimum absolute atomic E-state index is 0. The molecule has 2 atom stereocenters. The molecule has 1 aromatic rings. The third-order valence-corrected chi connectivity index (χ3v) is 3.41. The quantitative estimate of drug-likeness (QED) is 0.865. The lowest BCUT2D eigenvalue weighted by atomic mass is 10.1. The normalized spacial score (nSPS) is 22.8. The minimum atomic E-state index is -0.557. The van der Waals surface area contributed by atoms with Crippen LogP contribution in [0.2, 0.25) is 5.02 Å². The molecule has 3 nitrogen and oxygen atoms in total. The van der Waals surface area contributed by atoms with Crippen LogP contribution >= 0.6 is 24.0 Å². The maximum atomic E-state index is 13.3. The number of carbonyl (C=O) groups excluding carboxylic acids is 1. The van der Waals surface area contributed by atoms with Crippen LogP contribution < -0.4 is 5.32 Å². The van der Waals surface area contributed by atoms with Crippen LogP contribution in [0.5, 0.6) is 0 Å². The summed E-state index contributed by atoms with van der Waals surface area (Å²) in [4.78, 5) is 14.0. The van der Waals surface area contributed by atoms with Gasteiger partial charge in [-0.3, -0.25) is 4.79 Å². The number of nitrogens with one attached hydrogen (secondary N) is 1. The molecule has 1 aliphatic heterocycles. The van der Waals surface area contributed by atoms with Crippen molar-refractivity contribution in [3.05, 3.63) is 34.6 Å². The largest absolute Gasteiger partial charge is 0.335 e. The number of hydrogen-bond acceptors (Lipinski definition) is 2. The Hall–Kier alpha value is -0.840. The van der Waals surface area contributed by atoms with Crippen molar-refractivity contribution < 1.29 is 9.18 Å². The molecule has 1 amide bonds. The standard InChI is InChI=1S/C13H16ClFN2O.ClH/c1-8-6-17(7-9(2)16-8)13(18)10-4-3-5-11(15)12(10)14;/h3-5,8-9,16H,6-7H2,1-2H3;1H. The number of nitrogens with zero attached hydrogens (tertiary/aromatic N) is 1. The first kappa shape index (κ1) is 16.2. The van der Waals surface area contributed by atoms with Crippen molar-refractivity contribution in [1.29, 1.82) is 0 Å². The summed E-state index contributed by atoms with van der Waals surface area (Å²) in [5, 5.41) is 3.24. The van der Waals surface area contributed by atoms with Gasteiger partial charge < -0.3 is 10.2 Å². The Morgan fingerprint density at radius 2 is 1.95 bits per heavy atom. The van der Waals surface area contributed by atoms with Crippen LogP contribution in [0.4, 0.5) is 4.39 Å². The number of rotatable bonds is 1. The van der Waals surface area contributed by atoms with E-state index in [1.165, 1.54) is 12.1 Å². The lowest BCUT2D eigenvalue weighted by molar-refractivity contribution is 0.0673. The number of halogens is 3. The highest BCUT2D eigenvalue weighted by molar-refractivity contribution is 6.34. The van der Waals surface area contributed by atoms with Gasteiger partial charge in [-0.2, -0.15) is 0 Å². The van der Waals surface area contributed by atoms with E-state index in [2.05, 4.69) is 5.32 Å². The zero-order chi connectivity index (χ0) is 13.3. The Morgan fingerprint density at radius 1 is 1.37 bits per heavy atom. The molecule has 1 aromatic carbocycles. The van der Waals surface area contributed by atoms with Crippen molar-refractivity contribution in [2.75, 3.05) is 13.1 Å². The van der Waals surface area contributed by atoms with Crippen molar-refractivity contribution in [2.24, 2.45) is 0 Å². The maximum Gasteiger partial charge on any atom is 0.255 e. The van der Waals surface area contributed by atoms with Gasteiger partial charge in [0.25, 0.3) is 5.91 Å². The molecule has 0 radical (unpaired) electrons. The fraction of sp³-hybridized carbons (Fsp3) is 0.462. The summed E-state index contributed by atoms with van der Waals surface area (Å²) >= 11 is 5.84. The lowest BCUT2D eigenvalue weighted by Crippen LogP contribution is -2.55. The van der Waals surface area contributed by atoms with E-state index in [-0.39, 0.29) is 41.0 Å². The molecule has 1 aliphatic rings. The number of amides is 1. The Kier molecular flexibility index (Phi) is 5.59. The van der Waals surface area contributed by atoms with Crippen LogP contribution in [-0.4, -0.2) is 36.0 Å². The van der Waals surface area contributed by atoms with Gasteiger partial charge in [-0.05, 0) is 26.0 Å². The second-order valence-corrected chi connectivity index (χ2v) is 5.16. The molecule has 2 unspecified atom stereocenters. The smallest absolute Gasteiger partial charge is 0.255 e. The third kappa shape index (κ3) is 3.59. The van der Waals surface area contributed by atoms with E-state index in [0.717, 1.165) is 0 Å². The highest BCUT2D eigenvalue weighted by Crippen LogP contribution is 2.22. The Balaban J connectivity index is 0.00000180. The molecular weight excluding hydrogens is 290 g/mol. The van der Waals surface area contributed by atoms with Gasteiger partial charge in [0.05, 0.1) is 10.6 Å². The van der Waals surface area contributed by atoms with Crippen LogP contribution in [-0.2, 0) is 0 Å². The molecule has 0 spiro atoms. The summed E-state index contributed by atoms with van der Waals surface area (Å²) in [6.45, 7) is 5.25. The van der Waals surface area contributed by atoms with E-state index < -0.39 is 5.82 Å². The second kappa shape index (κ2) is 6.55. The van der Waals surface area contributed by atoms with Gasteiger partial charge in [-0.25, -0.2) is 4.39 Å². The average molecular weight is 307 g/mol. The molecule has 0 aliphatic carbocycles. The molecule has 1 N–H and O–H groups in total. The molecule has 106 valence electrons. The van der Waals surface area contributed by atoms with Crippen LogP contribution in [0.25, 0.3) is 0 Å². The summed E-state index contributed by atoms with van der Waals surface area (Å²) in [5.74, 6) is -0.765. The molecule has 1 heterocycles. The minimum Gasteiger partial charge on any atom is -0.335 e. The Labute approximate surface area is 123 Å². The van der Waals surface area contributed by atoms with Crippen LogP contribution in [0.3, 0.4) is 0 Å². The monoisotopic (exact) mass is 306 g/mol. The highest BCUT2D eigenvalue weighted by Gasteiger charge is 2.27. The van der Waals surface area contributed by atoms with Gasteiger partial charge in [-0.15, -0.1) is 12.4 Å². The van der Waals surface area contributed by atoms with Gasteiger partial charge in [0.1, 0.15) is 5.82 Å². The molecule has 19 heavy (non-hydrogen) atoms. The van der Waals surface area contributed by atoms with Gasteiger partial charge in [0.15, 0.2) is 0 Å². The van der Waals surface area contributed by atoms with Crippen molar-refractivity contribution >= 4 is 29.9 Å². The van der Waals surface area contributed by atoms with Gasteiger partial charge >= 0.3 is 0 Å². The predicted octanol–water partition coefficient (Wildman–Crippen LogP) is 2.72. The molecule has 1 saturated heterocycles. The molecule has 0 bridgehead atoms. The maximum absolute atomic E-state index is 13.3. The third-order valence-electron chi connectivity index (χ3n) is 3.03. The van der Waals surface area contributed by atoms with Crippen LogP contribution in [0.15, 0.2) is 18.2 Å². The SMILES string of the molecule is CC1CN(C(=O)c2cccc(F)c2Cl)CC(C)N1.Cl. The summed E-state index contributed by atoms with van der Waals surface area (Å²) in [6.07, 6.45) is 0. The van der Waals surface area contributed by atoms with Crippen molar-refractivity contribution in [3.8, 4) is 0 Å². The number of carbonyl (C=O) groups is 1.